The van der Waals surface area contributed by atoms with Crippen LogP contribution in [0, 0.1) is 12.8 Å². The Kier molecular flexibility index (Phi) is 10.5. The Morgan fingerprint density at radius 2 is 1.78 bits per heavy atom. The molecule has 0 heterocycles. The minimum atomic E-state index is 0.903. The molecule has 0 aromatic carbocycles. The van der Waals surface area contributed by atoms with E-state index in [1.165, 1.54) is 5.70 Å². The summed E-state index contributed by atoms with van der Waals surface area (Å²) in [6.45, 7) is 17.9. The Morgan fingerprint density at radius 3 is 2.11 bits per heavy atom. The van der Waals surface area contributed by atoms with Crippen LogP contribution in [0.4, 0.5) is 0 Å². The van der Waals surface area contributed by atoms with Crippen molar-refractivity contribution in [2.75, 3.05) is 7.05 Å². The second kappa shape index (κ2) is 10.2. The average Bonchev–Trinajstić information content (AvgIpc) is 2.43. The van der Waals surface area contributed by atoms with Crippen LogP contribution in [0.15, 0.2) is 60.5 Å². The Labute approximate surface area is 113 Å². The Balaban J connectivity index is 0. The molecule has 0 aliphatic rings. The van der Waals surface area contributed by atoms with Gasteiger partial charge in [0.25, 0.3) is 0 Å². The van der Waals surface area contributed by atoms with Crippen molar-refractivity contribution in [3.63, 3.8) is 0 Å². The Morgan fingerprint density at radius 1 is 1.28 bits per heavy atom. The molecular formula is C17H25N. The molecule has 0 fully saturated rings. The molecule has 0 rings (SSSR count). The Bertz CT molecular complexity index is 378. The topological polar surface area (TPSA) is 3.24 Å². The number of nitrogens with zero attached hydrogens (tertiary/aromatic N) is 1. The lowest BCUT2D eigenvalue weighted by atomic mass is 10.1. The van der Waals surface area contributed by atoms with Gasteiger partial charge in [-0.1, -0.05) is 38.8 Å². The van der Waals surface area contributed by atoms with Crippen molar-refractivity contribution in [2.24, 2.45) is 0 Å². The van der Waals surface area contributed by atoms with Crippen molar-refractivity contribution >= 4 is 0 Å². The van der Waals surface area contributed by atoms with E-state index < -0.39 is 0 Å². The van der Waals surface area contributed by atoms with Gasteiger partial charge in [0.2, 0.25) is 0 Å². The summed E-state index contributed by atoms with van der Waals surface area (Å²) in [6.07, 6.45) is 14.8. The number of rotatable bonds is 6. The summed E-state index contributed by atoms with van der Waals surface area (Å²) in [6, 6.07) is 0. The molecule has 98 valence electrons. The highest BCUT2D eigenvalue weighted by Crippen LogP contribution is 2.21. The zero-order valence-corrected chi connectivity index (χ0v) is 12.2. The van der Waals surface area contributed by atoms with Crippen molar-refractivity contribution < 1.29 is 0 Å². The van der Waals surface area contributed by atoms with Gasteiger partial charge in [0.05, 0.1) is 0 Å². The van der Waals surface area contributed by atoms with Crippen LogP contribution in [0.25, 0.3) is 0 Å². The second-order valence-corrected chi connectivity index (χ2v) is 3.75. The van der Waals surface area contributed by atoms with Crippen LogP contribution in [-0.4, -0.2) is 11.9 Å². The van der Waals surface area contributed by atoms with Crippen molar-refractivity contribution in [2.45, 2.75) is 27.2 Å². The van der Waals surface area contributed by atoms with Gasteiger partial charge >= 0.3 is 0 Å². The molecule has 0 saturated heterocycles. The highest BCUT2D eigenvalue weighted by molar-refractivity contribution is 5.39. The molecule has 0 aromatic rings. The van der Waals surface area contributed by atoms with Gasteiger partial charge in [-0.2, -0.15) is 0 Å². The monoisotopic (exact) mass is 243 g/mol. The maximum Gasteiger partial charge on any atom is 0.0437 e. The van der Waals surface area contributed by atoms with Crippen molar-refractivity contribution in [1.82, 2.24) is 4.90 Å². The number of allylic oxidation sites excluding steroid dienone is 6. The first-order valence-corrected chi connectivity index (χ1v) is 5.89. The van der Waals surface area contributed by atoms with E-state index in [4.69, 9.17) is 0 Å². The van der Waals surface area contributed by atoms with E-state index in [0.29, 0.717) is 0 Å². The van der Waals surface area contributed by atoms with Gasteiger partial charge in [0, 0.05) is 18.4 Å². The van der Waals surface area contributed by atoms with Gasteiger partial charge in [0.15, 0.2) is 0 Å². The molecule has 0 aliphatic carbocycles. The predicted octanol–water partition coefficient (Wildman–Crippen LogP) is 4.68. The quantitative estimate of drug-likeness (QED) is 0.483. The van der Waals surface area contributed by atoms with Crippen LogP contribution < -0.4 is 0 Å². The van der Waals surface area contributed by atoms with Crippen LogP contribution in [-0.2, 0) is 0 Å². The van der Waals surface area contributed by atoms with Crippen molar-refractivity contribution in [1.29, 1.82) is 0 Å². The first-order chi connectivity index (χ1) is 8.47. The van der Waals surface area contributed by atoms with Gasteiger partial charge in [-0.15, -0.1) is 12.8 Å². The maximum atomic E-state index is 4.09. The summed E-state index contributed by atoms with van der Waals surface area (Å²) in [4.78, 5) is 2.13. The van der Waals surface area contributed by atoms with E-state index in [1.807, 2.05) is 20.0 Å². The molecule has 0 spiro atoms. The highest BCUT2D eigenvalue weighted by atomic mass is 15.1. The molecule has 18 heavy (non-hydrogen) atoms. The van der Waals surface area contributed by atoms with Crippen molar-refractivity contribution in [3.05, 3.63) is 60.5 Å². The molecule has 0 N–H and O–H groups in total. The summed E-state index contributed by atoms with van der Waals surface area (Å²) in [5, 5.41) is 0. The zero-order valence-electron chi connectivity index (χ0n) is 12.2. The molecule has 0 atom stereocenters. The van der Waals surface area contributed by atoms with Gasteiger partial charge in [-0.3, -0.25) is 0 Å². The molecule has 1 nitrogen and oxygen atoms in total. The zero-order chi connectivity index (χ0) is 14.7. The Hall–Kier alpha value is -1.94. The van der Waals surface area contributed by atoms with Crippen LogP contribution in [0.5, 0.6) is 0 Å². The van der Waals surface area contributed by atoms with Crippen LogP contribution in [0.1, 0.15) is 27.2 Å². The van der Waals surface area contributed by atoms with Crippen molar-refractivity contribution in [3.8, 4) is 12.8 Å². The third kappa shape index (κ3) is 5.96. The van der Waals surface area contributed by atoms with Gasteiger partial charge in [-0.25, -0.2) is 0 Å². The van der Waals surface area contributed by atoms with Gasteiger partial charge < -0.3 is 4.90 Å². The van der Waals surface area contributed by atoms with Gasteiger partial charge in [0.1, 0.15) is 0 Å². The summed E-state index contributed by atoms with van der Waals surface area (Å²) in [5.74, 6) is 0. The third-order valence-corrected chi connectivity index (χ3v) is 2.68. The molecule has 0 bridgehead atoms. The van der Waals surface area contributed by atoms with Crippen LogP contribution in [0.3, 0.4) is 0 Å². The SMILES string of the molecule is C#C.C=CC(=C)/C=C(/C(=C)CC)N(C)/C(C)=C\C. The molecule has 0 unspecified atom stereocenters. The third-order valence-electron chi connectivity index (χ3n) is 2.68. The normalized spacial score (nSPS) is 11.0. The second-order valence-electron chi connectivity index (χ2n) is 3.75. The van der Waals surface area contributed by atoms with Gasteiger partial charge in [-0.05, 0) is 37.5 Å². The van der Waals surface area contributed by atoms with E-state index in [2.05, 4.69) is 57.4 Å². The first kappa shape index (κ1) is 18.4. The number of likely N-dealkylation sites (N-methyl/N-ethyl adjacent to an activating group) is 1. The molecule has 0 saturated carbocycles. The molecule has 0 aliphatic heterocycles. The lowest BCUT2D eigenvalue weighted by molar-refractivity contribution is 0.524. The molecule has 0 radical (unpaired) electrons. The van der Waals surface area contributed by atoms with E-state index >= 15 is 0 Å². The molecule has 0 aromatic heterocycles. The largest absolute Gasteiger partial charge is 0.349 e. The first-order valence-electron chi connectivity index (χ1n) is 5.89. The number of hydrogen-bond acceptors (Lipinski definition) is 1. The lowest BCUT2D eigenvalue weighted by Crippen LogP contribution is -2.16. The summed E-state index contributed by atoms with van der Waals surface area (Å²) < 4.78 is 0. The summed E-state index contributed by atoms with van der Waals surface area (Å²) in [5.41, 5.74) is 4.30. The predicted molar refractivity (Wildman–Crippen MR) is 83.9 cm³/mol. The summed E-state index contributed by atoms with van der Waals surface area (Å²) in [7, 11) is 2.04. The van der Waals surface area contributed by atoms with E-state index in [-0.39, 0.29) is 0 Å². The molecule has 1 heteroatoms. The van der Waals surface area contributed by atoms with Crippen LogP contribution in [0.2, 0.25) is 0 Å². The molecule has 0 amide bonds. The minimum absolute atomic E-state index is 0.903. The number of hydrogen-bond donors (Lipinski definition) is 0. The minimum Gasteiger partial charge on any atom is -0.349 e. The fraction of sp³-hybridized carbons (Fsp3) is 0.294. The highest BCUT2D eigenvalue weighted by Gasteiger charge is 2.08. The maximum absolute atomic E-state index is 4.09. The number of terminal acetylenes is 1. The van der Waals surface area contributed by atoms with E-state index in [0.717, 1.165) is 23.3 Å². The van der Waals surface area contributed by atoms with Crippen LogP contribution >= 0.6 is 0 Å². The van der Waals surface area contributed by atoms with E-state index in [1.54, 1.807) is 6.08 Å². The fourth-order valence-corrected chi connectivity index (χ4v) is 1.24. The smallest absolute Gasteiger partial charge is 0.0437 e. The molecular weight excluding hydrogens is 218 g/mol. The lowest BCUT2D eigenvalue weighted by Gasteiger charge is -2.25. The average molecular weight is 243 g/mol. The standard InChI is InChI=1S/C15H23N.C2H2/c1-8-12(4)11-15(13(5)9-2)16(7)14(6)10-3;1-2/h8,10-11H,1,4-5,9H2,2-3,6-7H3;1-2H/b14-10-,15-11-;. The summed E-state index contributed by atoms with van der Waals surface area (Å²) >= 11 is 0. The fourth-order valence-electron chi connectivity index (χ4n) is 1.24. The van der Waals surface area contributed by atoms with E-state index in [9.17, 15) is 0 Å².